The van der Waals surface area contributed by atoms with Crippen molar-refractivity contribution in [3.8, 4) is 0 Å². The summed E-state index contributed by atoms with van der Waals surface area (Å²) in [5.74, 6) is 0.631. The van der Waals surface area contributed by atoms with E-state index in [0.29, 0.717) is 42.9 Å². The Morgan fingerprint density at radius 1 is 1.35 bits per heavy atom. The second kappa shape index (κ2) is 10.4. The Morgan fingerprint density at radius 3 is 2.65 bits per heavy atom. The summed E-state index contributed by atoms with van der Waals surface area (Å²) < 4.78 is 27.0. The average molecular weight is 403 g/mol. The lowest BCUT2D eigenvalue weighted by Crippen LogP contribution is -3.15. The third-order valence-corrected chi connectivity index (χ3v) is 8.33. The zero-order chi connectivity index (χ0) is 19.0. The molecule has 148 valence electrons. The zero-order valence-corrected chi connectivity index (χ0v) is 17.5. The van der Waals surface area contributed by atoms with E-state index in [1.807, 2.05) is 0 Å². The maximum atomic E-state index is 12.5. The number of hydrogen-bond donors (Lipinski definition) is 2. The van der Waals surface area contributed by atoms with E-state index >= 15 is 0 Å². The number of unbranched alkanes of at least 4 members (excludes halogenated alkanes) is 1. The maximum absolute atomic E-state index is 12.5. The van der Waals surface area contributed by atoms with Crippen LogP contribution in [0.15, 0.2) is 21.7 Å². The fourth-order valence-corrected chi connectivity index (χ4v) is 5.83. The van der Waals surface area contributed by atoms with Crippen molar-refractivity contribution in [1.82, 2.24) is 9.62 Å². The largest absolute Gasteiger partial charge is 0.351 e. The lowest BCUT2D eigenvalue weighted by molar-refractivity contribution is -0.895. The molecule has 2 heterocycles. The van der Waals surface area contributed by atoms with Gasteiger partial charge in [-0.2, -0.15) is 4.31 Å². The van der Waals surface area contributed by atoms with Crippen LogP contribution in [0.3, 0.4) is 0 Å². The zero-order valence-electron chi connectivity index (χ0n) is 15.9. The van der Waals surface area contributed by atoms with Gasteiger partial charge in [-0.05, 0) is 23.8 Å². The molecule has 0 aliphatic carbocycles. The number of thiophene rings is 1. The molecular formula is C18H32N3O3S2+. The summed E-state index contributed by atoms with van der Waals surface area (Å²) in [4.78, 5) is 13.4. The normalized spacial score (nSPS) is 17.9. The van der Waals surface area contributed by atoms with E-state index in [9.17, 15) is 13.2 Å². The van der Waals surface area contributed by atoms with Crippen LogP contribution in [0.25, 0.3) is 0 Å². The summed E-state index contributed by atoms with van der Waals surface area (Å²) in [6.07, 6.45) is 4.65. The van der Waals surface area contributed by atoms with Gasteiger partial charge in [0, 0.05) is 6.54 Å². The highest BCUT2D eigenvalue weighted by Gasteiger charge is 2.31. The van der Waals surface area contributed by atoms with Gasteiger partial charge in [0.05, 0.1) is 26.2 Å². The Labute approximate surface area is 161 Å². The summed E-state index contributed by atoms with van der Waals surface area (Å²) in [5, 5.41) is 4.84. The number of nitrogens with one attached hydrogen (secondary N) is 2. The van der Waals surface area contributed by atoms with Crippen molar-refractivity contribution in [3.63, 3.8) is 0 Å². The Kier molecular flexibility index (Phi) is 8.53. The number of quaternary nitrogens is 1. The highest BCUT2D eigenvalue weighted by atomic mass is 32.2. The van der Waals surface area contributed by atoms with Crippen LogP contribution in [0, 0.1) is 5.92 Å². The van der Waals surface area contributed by atoms with E-state index in [2.05, 4.69) is 19.2 Å². The van der Waals surface area contributed by atoms with Gasteiger partial charge in [0.15, 0.2) is 6.54 Å². The quantitative estimate of drug-likeness (QED) is 0.613. The fraction of sp³-hybridized carbons (Fsp3) is 0.722. The first kappa shape index (κ1) is 21.3. The van der Waals surface area contributed by atoms with Gasteiger partial charge in [0.1, 0.15) is 4.21 Å². The van der Waals surface area contributed by atoms with Gasteiger partial charge in [-0.1, -0.05) is 39.2 Å². The Morgan fingerprint density at radius 2 is 2.08 bits per heavy atom. The topological polar surface area (TPSA) is 70.9 Å². The highest BCUT2D eigenvalue weighted by molar-refractivity contribution is 7.91. The van der Waals surface area contributed by atoms with E-state index in [1.54, 1.807) is 17.5 Å². The predicted octanol–water partition coefficient (Wildman–Crippen LogP) is 0.970. The van der Waals surface area contributed by atoms with Gasteiger partial charge < -0.3 is 10.2 Å². The summed E-state index contributed by atoms with van der Waals surface area (Å²) in [6.45, 7) is 7.82. The lowest BCUT2D eigenvalue weighted by atomic mass is 9.99. The Hall–Kier alpha value is -0.960. The number of carbonyl (C=O) groups is 1. The molecule has 2 rings (SSSR count). The molecule has 0 spiro atoms. The van der Waals surface area contributed by atoms with Gasteiger partial charge in [-0.25, -0.2) is 8.42 Å². The van der Waals surface area contributed by atoms with Crippen molar-refractivity contribution >= 4 is 27.3 Å². The SMILES string of the molecule is CCCC[C@@H](CC)CNC(=O)C[NH+]1CCN(S(=O)(=O)c2cccs2)CC1. The summed E-state index contributed by atoms with van der Waals surface area (Å²) in [5.41, 5.74) is 0. The van der Waals surface area contributed by atoms with Crippen molar-refractivity contribution in [2.45, 2.75) is 43.7 Å². The molecule has 1 aromatic rings. The molecule has 1 fully saturated rings. The smallest absolute Gasteiger partial charge is 0.275 e. The number of sulfonamides is 1. The van der Waals surface area contributed by atoms with E-state index in [1.165, 1.54) is 34.9 Å². The molecule has 0 radical (unpaired) electrons. The number of amides is 1. The minimum Gasteiger partial charge on any atom is -0.351 e. The van der Waals surface area contributed by atoms with Crippen LogP contribution in [0.2, 0.25) is 0 Å². The van der Waals surface area contributed by atoms with E-state index in [0.717, 1.165) is 17.9 Å². The fourth-order valence-electron chi connectivity index (χ4n) is 3.25. The van der Waals surface area contributed by atoms with Gasteiger partial charge in [0.25, 0.3) is 15.9 Å². The van der Waals surface area contributed by atoms with Crippen molar-refractivity contribution in [2.24, 2.45) is 5.92 Å². The van der Waals surface area contributed by atoms with E-state index < -0.39 is 10.0 Å². The predicted molar refractivity (Wildman–Crippen MR) is 105 cm³/mol. The number of rotatable bonds is 10. The van der Waals surface area contributed by atoms with Crippen molar-refractivity contribution in [3.05, 3.63) is 17.5 Å². The number of hydrogen-bond acceptors (Lipinski definition) is 4. The number of nitrogens with zero attached hydrogens (tertiary/aromatic N) is 1. The molecule has 6 nitrogen and oxygen atoms in total. The molecule has 0 aromatic carbocycles. The molecule has 1 aliphatic heterocycles. The lowest BCUT2D eigenvalue weighted by Gasteiger charge is -2.30. The molecule has 1 amide bonds. The van der Waals surface area contributed by atoms with Crippen molar-refractivity contribution in [1.29, 1.82) is 0 Å². The third kappa shape index (κ3) is 6.04. The first-order chi connectivity index (χ1) is 12.5. The van der Waals surface area contributed by atoms with Gasteiger partial charge >= 0.3 is 0 Å². The van der Waals surface area contributed by atoms with Gasteiger partial charge in [-0.3, -0.25) is 4.79 Å². The molecule has 1 aliphatic rings. The molecule has 0 saturated carbocycles. The van der Waals surface area contributed by atoms with Crippen LogP contribution in [0.1, 0.15) is 39.5 Å². The minimum atomic E-state index is -3.37. The minimum absolute atomic E-state index is 0.0736. The van der Waals surface area contributed by atoms with E-state index in [-0.39, 0.29) is 5.91 Å². The molecule has 2 N–H and O–H groups in total. The van der Waals surface area contributed by atoms with E-state index in [4.69, 9.17) is 0 Å². The molecule has 26 heavy (non-hydrogen) atoms. The molecule has 8 heteroatoms. The number of carbonyl (C=O) groups excluding carboxylic acids is 1. The van der Waals surface area contributed by atoms with Crippen LogP contribution < -0.4 is 10.2 Å². The van der Waals surface area contributed by atoms with Crippen molar-refractivity contribution < 1.29 is 18.1 Å². The van der Waals surface area contributed by atoms with Crippen LogP contribution >= 0.6 is 11.3 Å². The van der Waals surface area contributed by atoms with Crippen LogP contribution in [0.5, 0.6) is 0 Å². The first-order valence-electron chi connectivity index (χ1n) is 9.61. The molecule has 0 unspecified atom stereocenters. The summed E-state index contributed by atoms with van der Waals surface area (Å²) in [6, 6.07) is 3.41. The first-order valence-corrected chi connectivity index (χ1v) is 11.9. The molecule has 0 bridgehead atoms. The molecule has 1 aromatic heterocycles. The highest BCUT2D eigenvalue weighted by Crippen LogP contribution is 2.20. The third-order valence-electron chi connectivity index (χ3n) is 5.06. The standard InChI is InChI=1S/C18H31N3O3S2/c1-3-5-7-16(4-2)14-19-17(22)15-20-9-11-21(12-10-20)26(23,24)18-8-6-13-25-18/h6,8,13,16H,3-5,7,9-12,14-15H2,1-2H3,(H,19,22)/p+1/t16-/m1/s1. The summed E-state index contributed by atoms with van der Waals surface area (Å²) >= 11 is 1.25. The van der Waals surface area contributed by atoms with Gasteiger partial charge in [0.2, 0.25) is 0 Å². The molecular weight excluding hydrogens is 370 g/mol. The molecule has 1 saturated heterocycles. The monoisotopic (exact) mass is 402 g/mol. The second-order valence-corrected chi connectivity index (χ2v) is 10.1. The average Bonchev–Trinajstić information content (AvgIpc) is 3.18. The van der Waals surface area contributed by atoms with Gasteiger partial charge in [-0.15, -0.1) is 11.3 Å². The summed E-state index contributed by atoms with van der Waals surface area (Å²) in [7, 11) is -3.37. The maximum Gasteiger partial charge on any atom is 0.275 e. The molecule has 1 atom stereocenters. The number of piperazine rings is 1. The Balaban J connectivity index is 1.73. The van der Waals surface area contributed by atoms with Crippen LogP contribution in [-0.4, -0.2) is 57.9 Å². The van der Waals surface area contributed by atoms with Crippen LogP contribution in [-0.2, 0) is 14.8 Å². The second-order valence-electron chi connectivity index (χ2n) is 6.98. The van der Waals surface area contributed by atoms with Crippen molar-refractivity contribution in [2.75, 3.05) is 39.3 Å². The van der Waals surface area contributed by atoms with Crippen LogP contribution in [0.4, 0.5) is 0 Å². The Bertz CT molecular complexity index is 639.